The second-order valence-electron chi connectivity index (χ2n) is 3.08. The Labute approximate surface area is 85.7 Å². The van der Waals surface area contributed by atoms with Gasteiger partial charge in [0.15, 0.2) is 11.6 Å². The summed E-state index contributed by atoms with van der Waals surface area (Å²) in [6.45, 7) is 0.795. The van der Waals surface area contributed by atoms with Crippen LogP contribution < -0.4 is 5.32 Å². The fourth-order valence-electron chi connectivity index (χ4n) is 1.36. The maximum Gasteiger partial charge on any atom is 0.161 e. The predicted octanol–water partition coefficient (Wildman–Crippen LogP) is 2.56. The first-order valence-electron chi connectivity index (χ1n) is 4.06. The molecule has 2 rings (SSSR count). The lowest BCUT2D eigenvalue weighted by molar-refractivity contribution is 0.365. The maximum atomic E-state index is 13.1. The zero-order valence-corrected chi connectivity index (χ0v) is 8.00. The van der Waals surface area contributed by atoms with Crippen LogP contribution >= 0.6 is 12.4 Å². The van der Waals surface area contributed by atoms with Crippen LogP contribution in [0.2, 0.25) is 0 Å². The third kappa shape index (κ3) is 1.86. The largest absolute Gasteiger partial charge is 0.310 e. The third-order valence-corrected chi connectivity index (χ3v) is 2.24. The first-order chi connectivity index (χ1) is 6.18. The van der Waals surface area contributed by atoms with Crippen molar-refractivity contribution in [2.45, 2.75) is 12.5 Å². The first-order valence-corrected chi connectivity index (χ1v) is 4.06. The fourth-order valence-corrected chi connectivity index (χ4v) is 1.36. The highest BCUT2D eigenvalue weighted by Gasteiger charge is 2.23. The standard InChI is InChI=1S/C9H8F3N.ClH/c10-6-4-8(12)7(11)3-5(6)9-1-2-13-9;/h3-4,9,13H,1-2H2;1H/t9-;/m0./s1. The van der Waals surface area contributed by atoms with Gasteiger partial charge in [0.1, 0.15) is 5.82 Å². The maximum absolute atomic E-state index is 13.1. The Kier molecular flexibility index (Phi) is 3.39. The molecular weight excluding hydrogens is 215 g/mol. The summed E-state index contributed by atoms with van der Waals surface area (Å²) in [4.78, 5) is 0. The van der Waals surface area contributed by atoms with Crippen molar-refractivity contribution in [1.29, 1.82) is 0 Å². The molecule has 1 atom stereocenters. The molecule has 1 aromatic carbocycles. The summed E-state index contributed by atoms with van der Waals surface area (Å²) in [6.07, 6.45) is 0.766. The Bertz CT molecular complexity index is 339. The second kappa shape index (κ2) is 4.19. The van der Waals surface area contributed by atoms with Crippen molar-refractivity contribution in [2.75, 3.05) is 6.54 Å². The van der Waals surface area contributed by atoms with E-state index in [0.717, 1.165) is 19.0 Å². The molecule has 0 amide bonds. The Morgan fingerprint density at radius 1 is 1.07 bits per heavy atom. The van der Waals surface area contributed by atoms with Gasteiger partial charge in [-0.15, -0.1) is 12.4 Å². The van der Waals surface area contributed by atoms with Gasteiger partial charge in [-0.05, 0) is 19.0 Å². The lowest BCUT2D eigenvalue weighted by Crippen LogP contribution is -2.35. The van der Waals surface area contributed by atoms with E-state index in [2.05, 4.69) is 5.32 Å². The molecule has 0 bridgehead atoms. The van der Waals surface area contributed by atoms with Crippen molar-refractivity contribution in [1.82, 2.24) is 5.32 Å². The minimum absolute atomic E-state index is 0. The normalized spacial score (nSPS) is 19.8. The minimum Gasteiger partial charge on any atom is -0.310 e. The van der Waals surface area contributed by atoms with Gasteiger partial charge in [0.2, 0.25) is 0 Å². The summed E-state index contributed by atoms with van der Waals surface area (Å²) in [5, 5.41) is 2.92. The first kappa shape index (κ1) is 11.3. The van der Waals surface area contributed by atoms with Gasteiger partial charge >= 0.3 is 0 Å². The van der Waals surface area contributed by atoms with Crippen molar-refractivity contribution in [3.05, 3.63) is 35.1 Å². The van der Waals surface area contributed by atoms with E-state index in [0.29, 0.717) is 6.07 Å². The Morgan fingerprint density at radius 2 is 1.64 bits per heavy atom. The van der Waals surface area contributed by atoms with Crippen LogP contribution in [0.3, 0.4) is 0 Å². The predicted molar refractivity (Wildman–Crippen MR) is 48.9 cm³/mol. The summed E-state index contributed by atoms with van der Waals surface area (Å²) < 4.78 is 38.3. The molecule has 1 fully saturated rings. The van der Waals surface area contributed by atoms with Crippen molar-refractivity contribution in [3.8, 4) is 0 Å². The van der Waals surface area contributed by atoms with Crippen LogP contribution in [-0.2, 0) is 0 Å². The number of benzene rings is 1. The van der Waals surface area contributed by atoms with Crippen molar-refractivity contribution in [3.63, 3.8) is 0 Å². The van der Waals surface area contributed by atoms with Crippen molar-refractivity contribution < 1.29 is 13.2 Å². The zero-order valence-electron chi connectivity index (χ0n) is 7.19. The van der Waals surface area contributed by atoms with Gasteiger partial charge in [0.05, 0.1) is 0 Å². The van der Waals surface area contributed by atoms with Crippen LogP contribution in [-0.4, -0.2) is 6.54 Å². The number of hydrogen-bond donors (Lipinski definition) is 1. The van der Waals surface area contributed by atoms with Crippen molar-refractivity contribution >= 4 is 12.4 Å². The molecule has 1 saturated heterocycles. The van der Waals surface area contributed by atoms with E-state index in [4.69, 9.17) is 0 Å². The van der Waals surface area contributed by atoms with Crippen LogP contribution in [0.4, 0.5) is 13.2 Å². The highest BCUT2D eigenvalue weighted by atomic mass is 35.5. The second-order valence-corrected chi connectivity index (χ2v) is 3.08. The lowest BCUT2D eigenvalue weighted by atomic mass is 9.97. The number of hydrogen-bond acceptors (Lipinski definition) is 1. The molecule has 0 unspecified atom stereocenters. The number of halogens is 4. The quantitative estimate of drug-likeness (QED) is 0.722. The van der Waals surface area contributed by atoms with Crippen LogP contribution in [0.1, 0.15) is 18.0 Å². The van der Waals surface area contributed by atoms with Crippen LogP contribution in [0.25, 0.3) is 0 Å². The molecule has 1 N–H and O–H groups in total. The van der Waals surface area contributed by atoms with Gasteiger partial charge in [0.25, 0.3) is 0 Å². The summed E-state index contributed by atoms with van der Waals surface area (Å²) in [5.41, 5.74) is 0.213. The molecule has 1 aliphatic rings. The molecule has 1 nitrogen and oxygen atoms in total. The summed E-state index contributed by atoms with van der Waals surface area (Å²) in [6, 6.07) is 1.35. The molecule has 0 radical (unpaired) electrons. The molecule has 1 heterocycles. The monoisotopic (exact) mass is 223 g/mol. The van der Waals surface area contributed by atoms with E-state index in [9.17, 15) is 13.2 Å². The van der Waals surface area contributed by atoms with Gasteiger partial charge in [0, 0.05) is 17.7 Å². The zero-order chi connectivity index (χ0) is 9.42. The molecule has 0 aromatic heterocycles. The van der Waals surface area contributed by atoms with Gasteiger partial charge in [-0.3, -0.25) is 0 Å². The molecule has 0 saturated carbocycles. The number of rotatable bonds is 1. The average molecular weight is 224 g/mol. The lowest BCUT2D eigenvalue weighted by Gasteiger charge is -2.28. The molecule has 0 aliphatic carbocycles. The van der Waals surface area contributed by atoms with Gasteiger partial charge in [-0.2, -0.15) is 0 Å². The fraction of sp³-hybridized carbons (Fsp3) is 0.333. The Morgan fingerprint density at radius 3 is 2.14 bits per heavy atom. The van der Waals surface area contributed by atoms with Crippen molar-refractivity contribution in [2.24, 2.45) is 0 Å². The van der Waals surface area contributed by atoms with Gasteiger partial charge in [-0.1, -0.05) is 0 Å². The summed E-state index contributed by atoms with van der Waals surface area (Å²) in [7, 11) is 0. The molecule has 1 aliphatic heterocycles. The third-order valence-electron chi connectivity index (χ3n) is 2.24. The van der Waals surface area contributed by atoms with Crippen LogP contribution in [0.15, 0.2) is 12.1 Å². The van der Waals surface area contributed by atoms with Crippen LogP contribution in [0.5, 0.6) is 0 Å². The minimum atomic E-state index is -1.14. The Hall–Kier alpha value is -0.740. The topological polar surface area (TPSA) is 12.0 Å². The van der Waals surface area contributed by atoms with E-state index in [1.54, 1.807) is 0 Å². The SMILES string of the molecule is Cl.Fc1cc(F)c([C@@H]2CCN2)cc1F. The van der Waals surface area contributed by atoms with Crippen LogP contribution in [0, 0.1) is 17.5 Å². The molecule has 78 valence electrons. The smallest absolute Gasteiger partial charge is 0.161 e. The highest BCUT2D eigenvalue weighted by molar-refractivity contribution is 5.85. The molecule has 5 heteroatoms. The highest BCUT2D eigenvalue weighted by Crippen LogP contribution is 2.26. The molecular formula is C9H9ClF3N. The van der Waals surface area contributed by atoms with Gasteiger partial charge in [-0.25, -0.2) is 13.2 Å². The molecule has 14 heavy (non-hydrogen) atoms. The summed E-state index contributed by atoms with van der Waals surface area (Å²) >= 11 is 0. The van der Waals surface area contributed by atoms with E-state index < -0.39 is 17.5 Å². The molecule has 1 aromatic rings. The number of nitrogens with one attached hydrogen (secondary N) is 1. The van der Waals surface area contributed by atoms with E-state index in [1.165, 1.54) is 0 Å². The van der Waals surface area contributed by atoms with E-state index in [1.807, 2.05) is 0 Å². The van der Waals surface area contributed by atoms with Gasteiger partial charge < -0.3 is 5.32 Å². The summed E-state index contributed by atoms with van der Waals surface area (Å²) in [5.74, 6) is -2.82. The van der Waals surface area contributed by atoms with E-state index >= 15 is 0 Å². The van der Waals surface area contributed by atoms with E-state index in [-0.39, 0.29) is 24.0 Å². The Balaban J connectivity index is 0.000000980. The molecule has 0 spiro atoms. The average Bonchev–Trinajstić information content (AvgIpc) is 1.96.